The lowest BCUT2D eigenvalue weighted by molar-refractivity contribution is 0.0588. The number of aromatic nitrogens is 2. The van der Waals surface area contributed by atoms with Gasteiger partial charge in [-0.1, -0.05) is 12.1 Å². The first-order valence-electron chi connectivity index (χ1n) is 6.56. The van der Waals surface area contributed by atoms with Crippen LogP contribution in [0.1, 0.15) is 18.9 Å². The van der Waals surface area contributed by atoms with Crippen LogP contribution in [0.15, 0.2) is 30.6 Å². The van der Waals surface area contributed by atoms with Gasteiger partial charge in [-0.2, -0.15) is 0 Å². The van der Waals surface area contributed by atoms with Gasteiger partial charge in [0.2, 0.25) is 0 Å². The van der Waals surface area contributed by atoms with Gasteiger partial charge in [0, 0.05) is 6.54 Å². The van der Waals surface area contributed by atoms with Crippen molar-refractivity contribution in [2.75, 3.05) is 19.6 Å². The molecule has 1 atom stereocenters. The van der Waals surface area contributed by atoms with Crippen LogP contribution in [0, 0.1) is 5.92 Å². The quantitative estimate of drug-likeness (QED) is 0.745. The molecule has 2 bridgehead atoms. The third kappa shape index (κ3) is 1.42. The van der Waals surface area contributed by atoms with Crippen LogP contribution in [-0.4, -0.2) is 34.1 Å². The molecule has 0 unspecified atom stereocenters. The van der Waals surface area contributed by atoms with Crippen molar-refractivity contribution in [1.82, 2.24) is 14.5 Å². The Balaban J connectivity index is 1.79. The molecule has 3 aliphatic rings. The van der Waals surface area contributed by atoms with Gasteiger partial charge in [0.15, 0.2) is 0 Å². The van der Waals surface area contributed by atoms with Crippen LogP contribution in [0.2, 0.25) is 0 Å². The molecule has 0 amide bonds. The Kier molecular flexibility index (Phi) is 2.03. The molecule has 3 nitrogen and oxygen atoms in total. The van der Waals surface area contributed by atoms with Crippen LogP contribution in [0.4, 0.5) is 0 Å². The number of piperidine rings is 3. The van der Waals surface area contributed by atoms with Crippen LogP contribution in [0.25, 0.3) is 11.0 Å². The minimum absolute atomic E-state index is 0.643. The van der Waals surface area contributed by atoms with Gasteiger partial charge in [-0.25, -0.2) is 4.98 Å². The molecule has 3 fully saturated rings. The molecule has 3 saturated heterocycles. The van der Waals surface area contributed by atoms with Crippen LogP contribution in [0.3, 0.4) is 0 Å². The van der Waals surface area contributed by atoms with E-state index in [1.54, 1.807) is 0 Å². The van der Waals surface area contributed by atoms with E-state index in [1.807, 2.05) is 6.33 Å². The molecule has 0 radical (unpaired) electrons. The summed E-state index contributed by atoms with van der Waals surface area (Å²) in [6, 6.07) is 9.12. The van der Waals surface area contributed by atoms with Gasteiger partial charge in [0.05, 0.1) is 23.4 Å². The van der Waals surface area contributed by atoms with Crippen LogP contribution in [0.5, 0.6) is 0 Å². The highest BCUT2D eigenvalue weighted by Crippen LogP contribution is 2.36. The monoisotopic (exact) mass is 227 g/mol. The van der Waals surface area contributed by atoms with Crippen LogP contribution in [-0.2, 0) is 0 Å². The molecule has 0 N–H and O–H groups in total. The summed E-state index contributed by atoms with van der Waals surface area (Å²) in [7, 11) is 0. The van der Waals surface area contributed by atoms with Gasteiger partial charge in [0.25, 0.3) is 0 Å². The van der Waals surface area contributed by atoms with Gasteiger partial charge in [-0.05, 0) is 44.0 Å². The fourth-order valence-electron chi connectivity index (χ4n) is 3.49. The lowest BCUT2D eigenvalue weighted by atomic mass is 9.84. The molecule has 5 rings (SSSR count). The molecule has 3 heteroatoms. The summed E-state index contributed by atoms with van der Waals surface area (Å²) in [5.74, 6) is 0.859. The van der Waals surface area contributed by atoms with Crippen molar-refractivity contribution in [3.63, 3.8) is 0 Å². The molecule has 2 aromatic rings. The van der Waals surface area contributed by atoms with Crippen molar-refractivity contribution in [1.29, 1.82) is 0 Å². The highest BCUT2D eigenvalue weighted by molar-refractivity contribution is 5.75. The second-order valence-corrected chi connectivity index (χ2v) is 5.35. The smallest absolute Gasteiger partial charge is 0.0961 e. The van der Waals surface area contributed by atoms with E-state index < -0.39 is 0 Å². The van der Waals surface area contributed by atoms with Crippen molar-refractivity contribution in [3.05, 3.63) is 30.6 Å². The number of benzene rings is 1. The van der Waals surface area contributed by atoms with Crippen LogP contribution < -0.4 is 0 Å². The first-order valence-corrected chi connectivity index (χ1v) is 6.56. The number of fused-ring (bicyclic) bond motifs is 4. The van der Waals surface area contributed by atoms with Crippen molar-refractivity contribution in [3.8, 4) is 0 Å². The Morgan fingerprint density at radius 3 is 2.71 bits per heavy atom. The van der Waals surface area contributed by atoms with Crippen molar-refractivity contribution >= 4 is 11.0 Å². The van der Waals surface area contributed by atoms with E-state index in [0.29, 0.717) is 6.04 Å². The predicted octanol–water partition coefficient (Wildman–Crippen LogP) is 2.30. The number of hydrogen-bond acceptors (Lipinski definition) is 2. The van der Waals surface area contributed by atoms with Crippen molar-refractivity contribution in [2.45, 2.75) is 18.9 Å². The summed E-state index contributed by atoms with van der Waals surface area (Å²) in [5.41, 5.74) is 2.43. The third-order valence-corrected chi connectivity index (χ3v) is 4.46. The van der Waals surface area contributed by atoms with Gasteiger partial charge in [0.1, 0.15) is 0 Å². The summed E-state index contributed by atoms with van der Waals surface area (Å²) in [5, 5.41) is 0. The first-order chi connectivity index (χ1) is 8.42. The summed E-state index contributed by atoms with van der Waals surface area (Å²) < 4.78 is 2.41. The summed E-state index contributed by atoms with van der Waals surface area (Å²) in [4.78, 5) is 7.12. The number of nitrogens with zero attached hydrogens (tertiary/aromatic N) is 3. The molecular weight excluding hydrogens is 210 g/mol. The van der Waals surface area contributed by atoms with Crippen molar-refractivity contribution in [2.24, 2.45) is 5.92 Å². The Morgan fingerprint density at radius 1 is 1.12 bits per heavy atom. The molecule has 0 saturated carbocycles. The van der Waals surface area contributed by atoms with Gasteiger partial charge < -0.3 is 9.47 Å². The molecule has 0 spiro atoms. The van der Waals surface area contributed by atoms with E-state index in [0.717, 1.165) is 11.4 Å². The average Bonchev–Trinajstić information content (AvgIpc) is 2.84. The number of rotatable bonds is 1. The molecule has 17 heavy (non-hydrogen) atoms. The van der Waals surface area contributed by atoms with Gasteiger partial charge in [-0.15, -0.1) is 0 Å². The highest BCUT2D eigenvalue weighted by atomic mass is 15.2. The lowest BCUT2D eigenvalue weighted by Gasteiger charge is -2.45. The minimum Gasteiger partial charge on any atom is -0.326 e. The first kappa shape index (κ1) is 9.66. The fraction of sp³-hybridized carbons (Fsp3) is 0.500. The number of imidazole rings is 1. The maximum Gasteiger partial charge on any atom is 0.0961 e. The minimum atomic E-state index is 0.643. The molecule has 88 valence electrons. The number of para-hydroxylation sites is 2. The normalized spacial score (nSPS) is 32.1. The Hall–Kier alpha value is -1.35. The highest BCUT2D eigenvalue weighted by Gasteiger charge is 2.35. The summed E-state index contributed by atoms with van der Waals surface area (Å²) in [6.07, 6.45) is 4.76. The number of hydrogen-bond donors (Lipinski definition) is 0. The van der Waals surface area contributed by atoms with Crippen molar-refractivity contribution < 1.29 is 0 Å². The van der Waals surface area contributed by atoms with E-state index in [-0.39, 0.29) is 0 Å². The third-order valence-electron chi connectivity index (χ3n) is 4.46. The summed E-state index contributed by atoms with van der Waals surface area (Å²) in [6.45, 7) is 3.81. The standard InChI is InChI=1S/C14H17N3/c1-2-4-13-12(3-1)15-10-17(13)14-9-16-7-5-11(14)6-8-16/h1-4,10-11,14H,5-9H2/t14-/m0/s1. The Bertz CT molecular complexity index is 537. The second kappa shape index (κ2) is 3.57. The lowest BCUT2D eigenvalue weighted by Crippen LogP contribution is -2.47. The zero-order valence-electron chi connectivity index (χ0n) is 9.92. The van der Waals surface area contributed by atoms with E-state index in [1.165, 1.54) is 38.0 Å². The van der Waals surface area contributed by atoms with Gasteiger partial charge >= 0.3 is 0 Å². The van der Waals surface area contributed by atoms with Gasteiger partial charge in [-0.3, -0.25) is 0 Å². The molecule has 1 aromatic carbocycles. The predicted molar refractivity (Wildman–Crippen MR) is 67.9 cm³/mol. The topological polar surface area (TPSA) is 21.1 Å². The largest absolute Gasteiger partial charge is 0.326 e. The molecule has 4 heterocycles. The molecule has 0 aliphatic carbocycles. The zero-order valence-corrected chi connectivity index (χ0v) is 9.92. The van der Waals surface area contributed by atoms with E-state index in [4.69, 9.17) is 0 Å². The molecule has 3 aliphatic heterocycles. The molecular formula is C14H17N3. The van der Waals surface area contributed by atoms with E-state index in [2.05, 4.69) is 38.7 Å². The Morgan fingerprint density at radius 2 is 1.94 bits per heavy atom. The summed E-state index contributed by atoms with van der Waals surface area (Å²) >= 11 is 0. The maximum absolute atomic E-state index is 4.52. The van der Waals surface area contributed by atoms with Crippen LogP contribution >= 0.6 is 0 Å². The van der Waals surface area contributed by atoms with E-state index in [9.17, 15) is 0 Å². The SMILES string of the molecule is c1ccc2c(c1)ncn2[C@H]1CN2CCC1CC2. The fourth-order valence-corrected chi connectivity index (χ4v) is 3.49. The molecule has 1 aromatic heterocycles. The Labute approximate surface area is 101 Å². The second-order valence-electron chi connectivity index (χ2n) is 5.35. The zero-order chi connectivity index (χ0) is 11.2. The van der Waals surface area contributed by atoms with E-state index >= 15 is 0 Å². The maximum atomic E-state index is 4.52. The average molecular weight is 227 g/mol.